The fourth-order valence-electron chi connectivity index (χ4n) is 2.90. The summed E-state index contributed by atoms with van der Waals surface area (Å²) in [5, 5.41) is 4.56. The molecule has 2 N–H and O–H groups in total. The molecule has 108 valence electrons. The van der Waals surface area contributed by atoms with E-state index in [0.717, 1.165) is 23.7 Å². The first-order valence-corrected chi connectivity index (χ1v) is 7.17. The second kappa shape index (κ2) is 5.41. The van der Waals surface area contributed by atoms with Crippen LogP contribution in [0, 0.1) is 6.92 Å². The monoisotopic (exact) mass is 265 g/mol. The molecular weight excluding hydrogens is 238 g/mol. The average Bonchev–Trinajstić information content (AvgIpc) is 2.85. The van der Waals surface area contributed by atoms with Gasteiger partial charge in [0.05, 0.1) is 11.4 Å². The summed E-state index contributed by atoms with van der Waals surface area (Å²) in [5.74, 6) is 1.06. The van der Waals surface area contributed by atoms with E-state index in [9.17, 15) is 0 Å². The van der Waals surface area contributed by atoms with Crippen LogP contribution in [-0.2, 0) is 0 Å². The normalized spacial score (nSPS) is 20.4. The van der Waals surface area contributed by atoms with Gasteiger partial charge < -0.3 is 15.5 Å². The maximum atomic E-state index is 6.21. The topological polar surface area (TPSA) is 50.3 Å². The average molecular weight is 265 g/mol. The Labute approximate surface area is 116 Å². The maximum absolute atomic E-state index is 6.21. The van der Waals surface area contributed by atoms with Crippen molar-refractivity contribution in [3.8, 4) is 0 Å². The lowest BCUT2D eigenvalue weighted by Gasteiger charge is -2.28. The molecule has 1 unspecified atom stereocenters. The smallest absolute Gasteiger partial charge is 0.150 e. The second-order valence-corrected chi connectivity index (χ2v) is 6.02. The Hall–Kier alpha value is -1.23. The van der Waals surface area contributed by atoms with Gasteiger partial charge >= 0.3 is 0 Å². The molecule has 19 heavy (non-hydrogen) atoms. The van der Waals surface area contributed by atoms with Crippen LogP contribution in [0.1, 0.15) is 38.4 Å². The Bertz CT molecular complexity index is 437. The highest BCUT2D eigenvalue weighted by atomic mass is 15.4. The summed E-state index contributed by atoms with van der Waals surface area (Å²) in [5.41, 5.74) is 7.96. The number of nitrogens with two attached hydrogens (primary N) is 1. The first-order valence-electron chi connectivity index (χ1n) is 7.17. The molecule has 0 spiro atoms. The lowest BCUT2D eigenvalue weighted by molar-refractivity contribution is 0.313. The molecule has 1 aliphatic heterocycles. The highest BCUT2D eigenvalue weighted by Gasteiger charge is 2.25. The minimum Gasteiger partial charge on any atom is -0.394 e. The van der Waals surface area contributed by atoms with Gasteiger partial charge in [-0.25, -0.2) is 4.68 Å². The van der Waals surface area contributed by atoms with Crippen LogP contribution in [0.15, 0.2) is 0 Å². The number of anilines is 2. The van der Waals surface area contributed by atoms with Gasteiger partial charge in [-0.2, -0.15) is 5.10 Å². The maximum Gasteiger partial charge on any atom is 0.150 e. The molecule has 0 aromatic carbocycles. The Morgan fingerprint density at radius 3 is 2.68 bits per heavy atom. The van der Waals surface area contributed by atoms with E-state index in [1.807, 2.05) is 11.6 Å². The molecular formula is C14H27N5. The van der Waals surface area contributed by atoms with Crippen molar-refractivity contribution in [1.29, 1.82) is 0 Å². The molecule has 0 radical (unpaired) electrons. The van der Waals surface area contributed by atoms with Crippen molar-refractivity contribution in [2.75, 3.05) is 37.8 Å². The molecule has 1 aliphatic rings. The summed E-state index contributed by atoms with van der Waals surface area (Å²) in [6, 6.07) is 0.954. The van der Waals surface area contributed by atoms with E-state index >= 15 is 0 Å². The number of nitrogens with zero attached hydrogens (tertiary/aromatic N) is 4. The van der Waals surface area contributed by atoms with Gasteiger partial charge in [-0.15, -0.1) is 0 Å². The van der Waals surface area contributed by atoms with Crippen LogP contribution in [-0.4, -0.2) is 47.9 Å². The molecule has 2 heterocycles. The molecule has 1 saturated heterocycles. The summed E-state index contributed by atoms with van der Waals surface area (Å²) in [6.07, 6.45) is 2.57. The van der Waals surface area contributed by atoms with Gasteiger partial charge in [-0.3, -0.25) is 0 Å². The first-order chi connectivity index (χ1) is 8.91. The van der Waals surface area contributed by atoms with Crippen molar-refractivity contribution in [3.63, 3.8) is 0 Å². The third kappa shape index (κ3) is 2.71. The van der Waals surface area contributed by atoms with E-state index in [1.54, 1.807) is 0 Å². The molecule has 1 fully saturated rings. The zero-order valence-corrected chi connectivity index (χ0v) is 12.8. The van der Waals surface area contributed by atoms with E-state index in [4.69, 9.17) is 5.73 Å². The van der Waals surface area contributed by atoms with Gasteiger partial charge in [0.2, 0.25) is 0 Å². The SMILES string of the molecule is Cc1nn(C(C)C)c(N(C)CC2CCCN2C)c1N. The van der Waals surface area contributed by atoms with Crippen LogP contribution in [0.25, 0.3) is 0 Å². The van der Waals surface area contributed by atoms with Gasteiger partial charge in [-0.1, -0.05) is 0 Å². The molecule has 2 rings (SSSR count). The van der Waals surface area contributed by atoms with Crippen LogP contribution in [0.4, 0.5) is 11.5 Å². The number of rotatable bonds is 4. The van der Waals surface area contributed by atoms with Crippen LogP contribution in [0.5, 0.6) is 0 Å². The number of hydrogen-bond acceptors (Lipinski definition) is 4. The molecule has 1 aromatic rings. The minimum absolute atomic E-state index is 0.328. The first kappa shape index (κ1) is 14.2. The molecule has 1 aromatic heterocycles. The summed E-state index contributed by atoms with van der Waals surface area (Å²) in [4.78, 5) is 4.71. The van der Waals surface area contributed by atoms with E-state index in [2.05, 4.69) is 42.8 Å². The lowest BCUT2D eigenvalue weighted by Crippen LogP contribution is -2.37. The largest absolute Gasteiger partial charge is 0.394 e. The fourth-order valence-corrected chi connectivity index (χ4v) is 2.90. The zero-order chi connectivity index (χ0) is 14.2. The Morgan fingerprint density at radius 1 is 1.47 bits per heavy atom. The number of nitrogen functional groups attached to an aromatic ring is 1. The Morgan fingerprint density at radius 2 is 2.16 bits per heavy atom. The molecule has 5 nitrogen and oxygen atoms in total. The number of aromatic nitrogens is 2. The molecule has 0 bridgehead atoms. The number of likely N-dealkylation sites (tertiary alicyclic amines) is 1. The third-order valence-electron chi connectivity index (χ3n) is 4.11. The number of aryl methyl sites for hydroxylation is 1. The summed E-state index contributed by atoms with van der Waals surface area (Å²) in [7, 11) is 4.33. The van der Waals surface area contributed by atoms with Crippen molar-refractivity contribution < 1.29 is 0 Å². The van der Waals surface area contributed by atoms with Gasteiger partial charge in [0.1, 0.15) is 0 Å². The summed E-state index contributed by atoms with van der Waals surface area (Å²) < 4.78 is 2.04. The van der Waals surface area contributed by atoms with Crippen molar-refractivity contribution in [1.82, 2.24) is 14.7 Å². The van der Waals surface area contributed by atoms with Crippen LogP contribution >= 0.6 is 0 Å². The van der Waals surface area contributed by atoms with Crippen molar-refractivity contribution in [2.45, 2.75) is 45.7 Å². The summed E-state index contributed by atoms with van der Waals surface area (Å²) >= 11 is 0. The third-order valence-corrected chi connectivity index (χ3v) is 4.11. The minimum atomic E-state index is 0.328. The van der Waals surface area contributed by atoms with Crippen LogP contribution < -0.4 is 10.6 Å². The Kier molecular flexibility index (Phi) is 4.04. The molecule has 5 heteroatoms. The van der Waals surface area contributed by atoms with Gasteiger partial charge in [0.15, 0.2) is 5.82 Å². The van der Waals surface area contributed by atoms with E-state index in [1.165, 1.54) is 19.4 Å². The second-order valence-electron chi connectivity index (χ2n) is 6.02. The predicted octanol–water partition coefficient (Wildman–Crippen LogP) is 1.89. The van der Waals surface area contributed by atoms with Crippen LogP contribution in [0.3, 0.4) is 0 Å². The highest BCUT2D eigenvalue weighted by molar-refractivity contribution is 5.66. The number of hydrogen-bond donors (Lipinski definition) is 1. The molecule has 0 aliphatic carbocycles. The van der Waals surface area contributed by atoms with E-state index in [-0.39, 0.29) is 0 Å². The lowest BCUT2D eigenvalue weighted by atomic mass is 10.2. The van der Waals surface area contributed by atoms with Crippen molar-refractivity contribution >= 4 is 11.5 Å². The summed E-state index contributed by atoms with van der Waals surface area (Å²) in [6.45, 7) is 8.48. The molecule has 0 amide bonds. The standard InChI is InChI=1S/C14H27N5/c1-10(2)19-14(13(15)11(3)16-19)18(5)9-12-7-6-8-17(12)4/h10,12H,6-9,15H2,1-5H3. The predicted molar refractivity (Wildman–Crippen MR) is 80.7 cm³/mol. The molecule has 1 atom stereocenters. The fraction of sp³-hybridized carbons (Fsp3) is 0.786. The van der Waals surface area contributed by atoms with Gasteiger partial charge in [-0.05, 0) is 47.2 Å². The quantitative estimate of drug-likeness (QED) is 0.903. The van der Waals surface area contributed by atoms with E-state index in [0.29, 0.717) is 12.1 Å². The van der Waals surface area contributed by atoms with Gasteiger partial charge in [0, 0.05) is 25.7 Å². The number of likely N-dealkylation sites (N-methyl/N-ethyl adjacent to an activating group) is 2. The van der Waals surface area contributed by atoms with Crippen LogP contribution in [0.2, 0.25) is 0 Å². The van der Waals surface area contributed by atoms with Crippen molar-refractivity contribution in [2.24, 2.45) is 0 Å². The van der Waals surface area contributed by atoms with Crippen molar-refractivity contribution in [3.05, 3.63) is 5.69 Å². The Balaban J connectivity index is 2.20. The molecule has 0 saturated carbocycles. The van der Waals surface area contributed by atoms with Gasteiger partial charge in [0.25, 0.3) is 0 Å². The van der Waals surface area contributed by atoms with E-state index < -0.39 is 0 Å². The highest BCUT2D eigenvalue weighted by Crippen LogP contribution is 2.29. The zero-order valence-electron chi connectivity index (χ0n) is 12.8.